The first kappa shape index (κ1) is 45.2. The average Bonchev–Trinajstić information content (AvgIpc) is 3.12. The van der Waals surface area contributed by atoms with Crippen molar-refractivity contribution in [2.45, 2.75) is 83.9 Å². The molecule has 13 nitrogen and oxygen atoms in total. The first-order valence-corrected chi connectivity index (χ1v) is 17.7. The number of aromatic nitrogens is 1. The quantitative estimate of drug-likeness (QED) is 0.0771. The third kappa shape index (κ3) is 15.5. The lowest BCUT2D eigenvalue weighted by Crippen LogP contribution is -2.51. The number of nitrogens with one attached hydrogen (secondary N) is 2. The maximum absolute atomic E-state index is 13.6. The Morgan fingerprint density at radius 1 is 0.778 bits per heavy atom. The van der Waals surface area contributed by atoms with E-state index in [0.29, 0.717) is 55.8 Å². The number of anilines is 1. The summed E-state index contributed by atoms with van der Waals surface area (Å²) in [5, 5.41) is 5.41. The summed E-state index contributed by atoms with van der Waals surface area (Å²) in [7, 11) is 1.46. The lowest BCUT2D eigenvalue weighted by molar-refractivity contribution is -0.142. The number of carbonyl (C=O) groups excluding carboxylic acids is 4. The lowest BCUT2D eigenvalue weighted by Gasteiger charge is -2.25. The number of methoxy groups -OCH3 is 1. The van der Waals surface area contributed by atoms with Crippen LogP contribution in [0.2, 0.25) is 0 Å². The van der Waals surface area contributed by atoms with Crippen molar-refractivity contribution in [1.82, 2.24) is 15.6 Å². The molecule has 0 aliphatic carbocycles. The molecule has 0 aliphatic rings. The van der Waals surface area contributed by atoms with E-state index in [4.69, 9.17) is 31.4 Å². The van der Waals surface area contributed by atoms with Crippen LogP contribution in [0.4, 0.5) is 14.5 Å². The fourth-order valence-corrected chi connectivity index (χ4v) is 4.96. The van der Waals surface area contributed by atoms with Crippen LogP contribution in [-0.2, 0) is 19.1 Å². The number of carbonyl (C=O) groups is 4. The summed E-state index contributed by atoms with van der Waals surface area (Å²) >= 11 is 0. The Kier molecular flexibility index (Phi) is 19.2. The van der Waals surface area contributed by atoms with Crippen LogP contribution in [0.1, 0.15) is 74.1 Å². The third-order valence-corrected chi connectivity index (χ3v) is 8.20. The number of hydrogen-bond donors (Lipinski definition) is 5. The number of pyridine rings is 1. The number of nitrogens with two attached hydrogens (primary N) is 3. The Balaban J connectivity index is 0.000000375. The van der Waals surface area contributed by atoms with E-state index in [9.17, 15) is 28.0 Å². The Hall–Kier alpha value is -4.99. The van der Waals surface area contributed by atoms with Gasteiger partial charge in [-0.25, -0.2) is 8.78 Å². The van der Waals surface area contributed by atoms with Gasteiger partial charge in [-0.1, -0.05) is 12.1 Å². The van der Waals surface area contributed by atoms with Gasteiger partial charge in [0.25, 0.3) is 11.8 Å². The van der Waals surface area contributed by atoms with Crippen molar-refractivity contribution in [2.75, 3.05) is 39.1 Å². The van der Waals surface area contributed by atoms with E-state index in [0.717, 1.165) is 36.4 Å². The fraction of sp³-hybridized carbons (Fsp3) is 0.462. The molecule has 0 aliphatic heterocycles. The van der Waals surface area contributed by atoms with Gasteiger partial charge in [0.2, 0.25) is 0 Å². The molecule has 3 rings (SSSR count). The number of ether oxygens (including phenoxy) is 3. The topological polar surface area (TPSA) is 211 Å². The zero-order valence-electron chi connectivity index (χ0n) is 31.7. The van der Waals surface area contributed by atoms with Crippen LogP contribution < -0.4 is 37.3 Å². The molecule has 0 radical (unpaired) electrons. The second-order valence-corrected chi connectivity index (χ2v) is 13.1. The van der Waals surface area contributed by atoms with Crippen molar-refractivity contribution < 1.29 is 42.2 Å². The minimum absolute atomic E-state index is 0.121. The predicted molar refractivity (Wildman–Crippen MR) is 202 cm³/mol. The lowest BCUT2D eigenvalue weighted by atomic mass is 10.0. The number of halogens is 2. The molecule has 2 amide bonds. The minimum atomic E-state index is -1.01. The van der Waals surface area contributed by atoms with E-state index in [1.807, 2.05) is 13.8 Å². The Morgan fingerprint density at radius 2 is 1.30 bits per heavy atom. The smallest absolute Gasteiger partial charge is 0.252 e. The van der Waals surface area contributed by atoms with E-state index < -0.39 is 53.4 Å². The molecule has 1 aromatic heterocycles. The van der Waals surface area contributed by atoms with Gasteiger partial charge >= 0.3 is 0 Å². The molecule has 2 aromatic carbocycles. The third-order valence-electron chi connectivity index (χ3n) is 8.20. The van der Waals surface area contributed by atoms with Crippen LogP contribution in [0.25, 0.3) is 0 Å². The number of nitrogens with zero attached hydrogens (tertiary/aromatic N) is 1. The van der Waals surface area contributed by atoms with E-state index in [1.165, 1.54) is 19.2 Å². The van der Waals surface area contributed by atoms with Crippen LogP contribution in [0.15, 0.2) is 54.6 Å². The highest BCUT2D eigenvalue weighted by atomic mass is 19.1. The minimum Gasteiger partial charge on any atom is -0.486 e. The van der Waals surface area contributed by atoms with Crippen molar-refractivity contribution in [2.24, 2.45) is 11.5 Å². The highest BCUT2D eigenvalue weighted by Gasteiger charge is 2.31. The van der Waals surface area contributed by atoms with Gasteiger partial charge in [-0.2, -0.15) is 0 Å². The van der Waals surface area contributed by atoms with Crippen LogP contribution in [0, 0.1) is 25.5 Å². The van der Waals surface area contributed by atoms with E-state index in [2.05, 4.69) is 15.6 Å². The van der Waals surface area contributed by atoms with Gasteiger partial charge in [0.05, 0.1) is 12.1 Å². The van der Waals surface area contributed by atoms with Gasteiger partial charge in [0.15, 0.2) is 29.0 Å². The maximum atomic E-state index is 13.6. The molecular weight excluding hydrogens is 702 g/mol. The van der Waals surface area contributed by atoms with Crippen molar-refractivity contribution >= 4 is 29.1 Å². The number of hydrogen-bond acceptors (Lipinski definition) is 11. The summed E-state index contributed by atoms with van der Waals surface area (Å²) in [5.74, 6) is -3.35. The SMILES string of the molecule is COC(C)(C)C(=O)NC(CCCCN)C(=O)COc1cc(C)nc(C)c1.NCCCCC(NC(=O)c1cccc(N)c1)C(=O)COc1c(F)cccc1F. The molecule has 0 saturated heterocycles. The van der Waals surface area contributed by atoms with Gasteiger partial charge in [0, 0.05) is 41.9 Å². The number of amides is 2. The largest absolute Gasteiger partial charge is 0.486 e. The summed E-state index contributed by atoms with van der Waals surface area (Å²) in [6, 6.07) is 11.6. The number of unbranched alkanes of at least 4 members (excludes halogenated alkanes) is 2. The van der Waals surface area contributed by atoms with E-state index in [1.54, 1.807) is 44.2 Å². The van der Waals surface area contributed by atoms with Crippen molar-refractivity contribution in [3.05, 3.63) is 83.2 Å². The second-order valence-electron chi connectivity index (χ2n) is 13.1. The first-order valence-electron chi connectivity index (χ1n) is 17.7. The Morgan fingerprint density at radius 3 is 1.81 bits per heavy atom. The monoisotopic (exact) mass is 756 g/mol. The normalized spacial score (nSPS) is 12.1. The van der Waals surface area contributed by atoms with Gasteiger partial charge < -0.3 is 42.0 Å². The zero-order chi connectivity index (χ0) is 40.3. The summed E-state index contributed by atoms with van der Waals surface area (Å²) < 4.78 is 43.1. The molecule has 296 valence electrons. The summed E-state index contributed by atoms with van der Waals surface area (Å²) in [5.41, 5.74) is 18.0. The van der Waals surface area contributed by atoms with Crippen molar-refractivity contribution in [3.63, 3.8) is 0 Å². The average molecular weight is 757 g/mol. The molecule has 0 bridgehead atoms. The molecule has 15 heteroatoms. The van der Waals surface area contributed by atoms with Gasteiger partial charge in [0.1, 0.15) is 24.6 Å². The number of nitrogen functional groups attached to an aromatic ring is 1. The standard InChI is InChI=1S/C20H23F2N3O3.C19H31N3O4/c21-15-7-4-8-16(22)19(15)28-12-18(26)17(9-1-2-10-23)25-20(27)13-5-3-6-14(24)11-13;1-13-10-15(11-14(2)21-13)26-12-17(23)16(8-6-7-9-20)22-18(24)19(3,4)25-5/h3-8,11,17H,1-2,9-10,12,23-24H2,(H,25,27);10-11,16H,6-9,12,20H2,1-5H3,(H,22,24). The summed E-state index contributed by atoms with van der Waals surface area (Å²) in [6.45, 7) is 7.33. The number of aryl methyl sites for hydroxylation is 2. The van der Waals surface area contributed by atoms with Gasteiger partial charge in [-0.15, -0.1) is 0 Å². The number of rotatable bonds is 21. The number of Topliss-reactive ketones (excluding diaryl/α,β-unsaturated/α-hetero) is 2. The molecular formula is C39H54F2N6O7. The molecule has 0 spiro atoms. The molecule has 54 heavy (non-hydrogen) atoms. The molecule has 2 unspecified atom stereocenters. The van der Waals surface area contributed by atoms with Gasteiger partial charge in [-0.3, -0.25) is 24.2 Å². The number of para-hydroxylation sites is 1. The maximum Gasteiger partial charge on any atom is 0.252 e. The molecule has 0 saturated carbocycles. The van der Waals surface area contributed by atoms with E-state index >= 15 is 0 Å². The highest BCUT2D eigenvalue weighted by Crippen LogP contribution is 2.21. The molecule has 8 N–H and O–H groups in total. The fourth-order valence-electron chi connectivity index (χ4n) is 4.96. The highest BCUT2D eigenvalue weighted by molar-refractivity contribution is 5.98. The number of benzene rings is 2. The summed E-state index contributed by atoms with van der Waals surface area (Å²) in [4.78, 5) is 54.2. The Bertz CT molecular complexity index is 1650. The van der Waals surface area contributed by atoms with Crippen molar-refractivity contribution in [3.8, 4) is 11.5 Å². The zero-order valence-corrected chi connectivity index (χ0v) is 31.7. The predicted octanol–water partition coefficient (Wildman–Crippen LogP) is 4.11. The van der Waals surface area contributed by atoms with Crippen LogP contribution >= 0.6 is 0 Å². The second kappa shape index (κ2) is 22.9. The van der Waals surface area contributed by atoms with Crippen LogP contribution in [-0.4, -0.2) is 79.5 Å². The Labute approximate surface area is 315 Å². The summed E-state index contributed by atoms with van der Waals surface area (Å²) in [6.07, 6.45) is 3.64. The van der Waals surface area contributed by atoms with Gasteiger partial charge in [-0.05, 0) is 110 Å². The molecule has 2 atom stereocenters. The molecule has 0 fully saturated rings. The first-order chi connectivity index (χ1) is 25.6. The van der Waals surface area contributed by atoms with Crippen LogP contribution in [0.3, 0.4) is 0 Å². The van der Waals surface area contributed by atoms with Crippen molar-refractivity contribution in [1.29, 1.82) is 0 Å². The van der Waals surface area contributed by atoms with E-state index in [-0.39, 0.29) is 18.3 Å². The van der Waals surface area contributed by atoms with Crippen LogP contribution in [0.5, 0.6) is 11.5 Å². The molecule has 1 heterocycles. The molecule has 3 aromatic rings. The number of ketones is 2.